The fourth-order valence-corrected chi connectivity index (χ4v) is 3.22. The van der Waals surface area contributed by atoms with E-state index >= 15 is 0 Å². The Balaban J connectivity index is 1.64. The molecule has 4 heteroatoms. The number of hydrogen-bond donors (Lipinski definition) is 2. The van der Waals surface area contributed by atoms with Gasteiger partial charge in [-0.2, -0.15) is 4.98 Å². The predicted molar refractivity (Wildman–Crippen MR) is 88.8 cm³/mol. The Bertz CT molecular complexity index is 590. The van der Waals surface area contributed by atoms with E-state index in [1.165, 1.54) is 38.5 Å². The lowest BCUT2D eigenvalue weighted by Crippen LogP contribution is -2.08. The van der Waals surface area contributed by atoms with Crippen LogP contribution >= 0.6 is 0 Å². The number of fused-ring (bicyclic) bond motifs is 1. The highest BCUT2D eigenvalue weighted by Gasteiger charge is 2.14. The van der Waals surface area contributed by atoms with Crippen LogP contribution in [-0.4, -0.2) is 23.6 Å². The number of para-hydroxylation sites is 1. The van der Waals surface area contributed by atoms with Gasteiger partial charge in [-0.25, -0.2) is 4.98 Å². The molecule has 21 heavy (non-hydrogen) atoms. The monoisotopic (exact) mass is 284 g/mol. The van der Waals surface area contributed by atoms with Crippen LogP contribution < -0.4 is 10.6 Å². The summed E-state index contributed by atoms with van der Waals surface area (Å²) in [6, 6.07) is 8.16. The van der Waals surface area contributed by atoms with Gasteiger partial charge in [-0.3, -0.25) is 0 Å². The molecule has 0 saturated heterocycles. The Morgan fingerprint density at radius 3 is 2.76 bits per heavy atom. The molecule has 0 spiro atoms. The Hall–Kier alpha value is -1.84. The second-order valence-electron chi connectivity index (χ2n) is 5.88. The molecule has 0 radical (unpaired) electrons. The number of nitrogens with zero attached hydrogens (tertiary/aromatic N) is 2. The van der Waals surface area contributed by atoms with E-state index in [9.17, 15) is 0 Å². The molecule has 0 amide bonds. The van der Waals surface area contributed by atoms with Gasteiger partial charge in [0.05, 0.1) is 5.52 Å². The molecular formula is C17H24N4. The number of anilines is 2. The molecule has 3 rings (SSSR count). The van der Waals surface area contributed by atoms with Gasteiger partial charge in [-0.05, 0) is 30.9 Å². The van der Waals surface area contributed by atoms with Crippen molar-refractivity contribution < 1.29 is 0 Å². The van der Waals surface area contributed by atoms with E-state index in [1.807, 2.05) is 25.2 Å². The summed E-state index contributed by atoms with van der Waals surface area (Å²) in [6.07, 6.45) is 8.29. The largest absolute Gasteiger partial charge is 0.369 e. The van der Waals surface area contributed by atoms with Gasteiger partial charge in [0, 0.05) is 19.0 Å². The van der Waals surface area contributed by atoms with Crippen LogP contribution in [0.2, 0.25) is 0 Å². The molecular weight excluding hydrogens is 260 g/mol. The second-order valence-corrected chi connectivity index (χ2v) is 5.88. The van der Waals surface area contributed by atoms with Gasteiger partial charge in [0.2, 0.25) is 5.95 Å². The van der Waals surface area contributed by atoms with Crippen molar-refractivity contribution in [2.45, 2.75) is 38.5 Å². The average molecular weight is 284 g/mol. The van der Waals surface area contributed by atoms with Crippen molar-refractivity contribution in [3.8, 4) is 0 Å². The van der Waals surface area contributed by atoms with Crippen LogP contribution in [0.15, 0.2) is 24.3 Å². The van der Waals surface area contributed by atoms with Crippen molar-refractivity contribution in [3.05, 3.63) is 24.3 Å². The highest BCUT2D eigenvalue weighted by molar-refractivity contribution is 5.89. The maximum absolute atomic E-state index is 4.56. The fraction of sp³-hybridized carbons (Fsp3) is 0.529. The number of rotatable bonds is 6. The first kappa shape index (κ1) is 14.1. The minimum Gasteiger partial charge on any atom is -0.369 e. The average Bonchev–Trinajstić information content (AvgIpc) is 3.04. The summed E-state index contributed by atoms with van der Waals surface area (Å²) in [4.78, 5) is 9.04. The van der Waals surface area contributed by atoms with E-state index in [1.54, 1.807) is 0 Å². The molecule has 1 aliphatic rings. The molecule has 112 valence electrons. The van der Waals surface area contributed by atoms with Crippen LogP contribution in [0, 0.1) is 5.92 Å². The van der Waals surface area contributed by atoms with Gasteiger partial charge >= 0.3 is 0 Å². The maximum atomic E-state index is 4.56. The van der Waals surface area contributed by atoms with Gasteiger partial charge in [-0.15, -0.1) is 0 Å². The molecule has 2 N–H and O–H groups in total. The molecule has 1 aliphatic carbocycles. The summed E-state index contributed by atoms with van der Waals surface area (Å²) in [5.41, 5.74) is 0.982. The number of aromatic nitrogens is 2. The Labute approximate surface area is 126 Å². The van der Waals surface area contributed by atoms with Crippen LogP contribution in [0.1, 0.15) is 38.5 Å². The van der Waals surface area contributed by atoms with Crippen LogP contribution in [0.3, 0.4) is 0 Å². The second kappa shape index (κ2) is 6.74. The van der Waals surface area contributed by atoms with E-state index in [-0.39, 0.29) is 0 Å². The number of hydrogen-bond acceptors (Lipinski definition) is 4. The lowest BCUT2D eigenvalue weighted by Gasteiger charge is -2.12. The predicted octanol–water partition coefficient (Wildman–Crippen LogP) is 4.05. The zero-order chi connectivity index (χ0) is 14.5. The van der Waals surface area contributed by atoms with E-state index in [0.29, 0.717) is 5.95 Å². The third-order valence-electron chi connectivity index (χ3n) is 4.38. The summed E-state index contributed by atoms with van der Waals surface area (Å²) in [6.45, 7) is 0.987. The third kappa shape index (κ3) is 3.43. The van der Waals surface area contributed by atoms with Crippen molar-refractivity contribution in [3.63, 3.8) is 0 Å². The smallest absolute Gasteiger partial charge is 0.224 e. The van der Waals surface area contributed by atoms with Gasteiger partial charge in [-0.1, -0.05) is 37.8 Å². The zero-order valence-electron chi connectivity index (χ0n) is 12.7. The van der Waals surface area contributed by atoms with Crippen LogP contribution in [0.25, 0.3) is 10.9 Å². The summed E-state index contributed by atoms with van der Waals surface area (Å²) in [5.74, 6) is 2.57. The fourth-order valence-electron chi connectivity index (χ4n) is 3.22. The summed E-state index contributed by atoms with van der Waals surface area (Å²) < 4.78 is 0. The van der Waals surface area contributed by atoms with Crippen molar-refractivity contribution in [1.82, 2.24) is 9.97 Å². The third-order valence-corrected chi connectivity index (χ3v) is 4.38. The molecule has 0 unspecified atom stereocenters. The van der Waals surface area contributed by atoms with Gasteiger partial charge < -0.3 is 10.6 Å². The van der Waals surface area contributed by atoms with Gasteiger partial charge in [0.15, 0.2) is 0 Å². The van der Waals surface area contributed by atoms with Crippen LogP contribution in [0.4, 0.5) is 11.8 Å². The molecule has 1 fully saturated rings. The first-order valence-electron chi connectivity index (χ1n) is 8.05. The molecule has 1 aromatic carbocycles. The quantitative estimate of drug-likeness (QED) is 0.786. The zero-order valence-corrected chi connectivity index (χ0v) is 12.7. The number of benzene rings is 1. The van der Waals surface area contributed by atoms with Crippen molar-refractivity contribution in [1.29, 1.82) is 0 Å². The van der Waals surface area contributed by atoms with Crippen molar-refractivity contribution >= 4 is 22.7 Å². The molecule has 1 saturated carbocycles. The molecule has 0 aliphatic heterocycles. The lowest BCUT2D eigenvalue weighted by molar-refractivity contribution is 0.491. The summed E-state index contributed by atoms with van der Waals surface area (Å²) in [7, 11) is 1.86. The highest BCUT2D eigenvalue weighted by Crippen LogP contribution is 2.28. The van der Waals surface area contributed by atoms with Gasteiger partial charge in [0.25, 0.3) is 0 Å². The molecule has 1 heterocycles. The Kier molecular flexibility index (Phi) is 4.53. The highest BCUT2D eigenvalue weighted by atomic mass is 15.1. The molecule has 0 atom stereocenters. The maximum Gasteiger partial charge on any atom is 0.224 e. The Morgan fingerprint density at radius 2 is 1.95 bits per heavy atom. The summed E-state index contributed by atoms with van der Waals surface area (Å²) >= 11 is 0. The topological polar surface area (TPSA) is 49.8 Å². The normalized spacial score (nSPS) is 15.5. The lowest BCUT2D eigenvalue weighted by atomic mass is 10.0. The van der Waals surface area contributed by atoms with E-state index < -0.39 is 0 Å². The number of nitrogens with one attached hydrogen (secondary N) is 2. The molecule has 4 nitrogen and oxygen atoms in total. The first-order valence-corrected chi connectivity index (χ1v) is 8.05. The van der Waals surface area contributed by atoms with E-state index in [2.05, 4.69) is 26.7 Å². The van der Waals surface area contributed by atoms with Gasteiger partial charge in [0.1, 0.15) is 5.82 Å². The van der Waals surface area contributed by atoms with Crippen molar-refractivity contribution in [2.75, 3.05) is 24.2 Å². The minimum atomic E-state index is 0.673. The van der Waals surface area contributed by atoms with E-state index in [4.69, 9.17) is 0 Å². The van der Waals surface area contributed by atoms with Crippen LogP contribution in [0.5, 0.6) is 0 Å². The molecule has 1 aromatic heterocycles. The van der Waals surface area contributed by atoms with Crippen molar-refractivity contribution in [2.24, 2.45) is 5.92 Å². The summed E-state index contributed by atoms with van der Waals surface area (Å²) in [5, 5.41) is 7.62. The first-order chi connectivity index (χ1) is 10.4. The molecule has 0 bridgehead atoms. The standard InChI is InChI=1S/C17H24N4/c1-18-17-20-15-11-5-4-10-14(15)16(21-17)19-12-6-9-13-7-2-3-8-13/h4-5,10-11,13H,2-3,6-9,12H2,1H3,(H2,18,19,20,21). The molecule has 2 aromatic rings. The SMILES string of the molecule is CNc1nc(NCCCC2CCCC2)c2ccccc2n1. The van der Waals surface area contributed by atoms with E-state index in [0.717, 1.165) is 29.2 Å². The Morgan fingerprint density at radius 1 is 1.14 bits per heavy atom. The van der Waals surface area contributed by atoms with Crippen LogP contribution in [-0.2, 0) is 0 Å². The minimum absolute atomic E-state index is 0.673.